The number of hydrogen-bond acceptors (Lipinski definition) is 6. The molecule has 1 aliphatic heterocycles. The van der Waals surface area contributed by atoms with Crippen molar-refractivity contribution >= 4 is 13.7 Å². The van der Waals surface area contributed by atoms with Gasteiger partial charge in [0.25, 0.3) is 0 Å². The number of pyridine rings is 1. The third-order valence-electron chi connectivity index (χ3n) is 8.83. The van der Waals surface area contributed by atoms with Gasteiger partial charge in [-0.25, -0.2) is 14.2 Å². The predicted octanol–water partition coefficient (Wildman–Crippen LogP) is 7.40. The van der Waals surface area contributed by atoms with Crippen LogP contribution in [0.15, 0.2) is 42.9 Å². The monoisotopic (exact) mass is 587 g/mol. The van der Waals surface area contributed by atoms with Crippen LogP contribution in [0.25, 0.3) is 28.2 Å². The van der Waals surface area contributed by atoms with Gasteiger partial charge in [-0.3, -0.25) is 0 Å². The van der Waals surface area contributed by atoms with Gasteiger partial charge in [0.1, 0.15) is 13.1 Å². The van der Waals surface area contributed by atoms with Crippen molar-refractivity contribution in [3.05, 3.63) is 59.5 Å². The molecule has 0 amide bonds. The third-order valence-corrected chi connectivity index (χ3v) is 10.5. The molecule has 1 saturated carbocycles. The van der Waals surface area contributed by atoms with Crippen LogP contribution in [0.1, 0.15) is 68.1 Å². The number of hydrogen-bond donors (Lipinski definition) is 0. The smallest absolute Gasteiger partial charge is 0.168 e. The molecule has 1 aromatic carbocycles. The summed E-state index contributed by atoms with van der Waals surface area (Å²) in [5.41, 5.74) is 8.89. The Morgan fingerprint density at radius 1 is 1.05 bits per heavy atom. The molecule has 3 aromatic heterocycles. The van der Waals surface area contributed by atoms with Gasteiger partial charge in [0.05, 0.1) is 24.6 Å². The highest BCUT2D eigenvalue weighted by Gasteiger charge is 2.40. The molecule has 2 aliphatic rings. The van der Waals surface area contributed by atoms with Crippen molar-refractivity contribution in [1.82, 2.24) is 24.4 Å². The zero-order valence-corrected chi connectivity index (χ0v) is 27.0. The van der Waals surface area contributed by atoms with Crippen molar-refractivity contribution in [2.75, 3.05) is 19.8 Å². The van der Waals surface area contributed by atoms with E-state index in [-0.39, 0.29) is 11.7 Å². The zero-order chi connectivity index (χ0) is 29.5. The van der Waals surface area contributed by atoms with Crippen LogP contribution in [0.4, 0.5) is 0 Å². The Morgan fingerprint density at radius 3 is 2.43 bits per heavy atom. The van der Waals surface area contributed by atoms with E-state index in [2.05, 4.69) is 91.7 Å². The van der Waals surface area contributed by atoms with Crippen LogP contribution >= 0.6 is 0 Å². The minimum Gasteiger partial charge on any atom is -0.360 e. The zero-order valence-electron chi connectivity index (χ0n) is 26.0. The Kier molecular flexibility index (Phi) is 8.12. The normalized spacial score (nSPS) is 17.7. The first-order valence-electron chi connectivity index (χ1n) is 15.5. The van der Waals surface area contributed by atoms with Crippen LogP contribution in [-0.2, 0) is 20.9 Å². The summed E-state index contributed by atoms with van der Waals surface area (Å²) in [5, 5.41) is 9.67. The van der Waals surface area contributed by atoms with E-state index >= 15 is 0 Å². The second kappa shape index (κ2) is 11.7. The number of aromatic nitrogens is 5. The van der Waals surface area contributed by atoms with Crippen LogP contribution in [0.5, 0.6) is 0 Å². The lowest BCUT2D eigenvalue weighted by atomic mass is 9.80. The van der Waals surface area contributed by atoms with Gasteiger partial charge in [-0.15, -0.1) is 0 Å². The van der Waals surface area contributed by atoms with E-state index in [1.54, 1.807) is 6.33 Å². The van der Waals surface area contributed by atoms with E-state index in [1.807, 2.05) is 4.52 Å². The van der Waals surface area contributed by atoms with E-state index in [4.69, 9.17) is 19.3 Å². The fourth-order valence-electron chi connectivity index (χ4n) is 6.48. The summed E-state index contributed by atoms with van der Waals surface area (Å²) in [4.78, 5) is 4.43. The molecule has 42 heavy (non-hydrogen) atoms. The van der Waals surface area contributed by atoms with Gasteiger partial charge in [0.15, 0.2) is 11.4 Å². The van der Waals surface area contributed by atoms with Gasteiger partial charge in [-0.1, -0.05) is 57.8 Å². The molecule has 2 fully saturated rings. The average molecular weight is 588 g/mol. The number of nitrogens with zero attached hydrogens (tertiary/aromatic N) is 5. The minimum atomic E-state index is -1.20. The highest BCUT2D eigenvalue weighted by molar-refractivity contribution is 6.76. The van der Waals surface area contributed by atoms with Gasteiger partial charge in [0, 0.05) is 50.4 Å². The third kappa shape index (κ3) is 5.97. The summed E-state index contributed by atoms with van der Waals surface area (Å²) >= 11 is 0. The van der Waals surface area contributed by atoms with Crippen LogP contribution in [0, 0.1) is 6.92 Å². The van der Waals surface area contributed by atoms with Gasteiger partial charge in [-0.05, 0) is 54.8 Å². The summed E-state index contributed by atoms with van der Waals surface area (Å²) < 4.78 is 22.1. The fraction of sp³-hybridized carbons (Fsp3) is 0.545. The molecule has 1 saturated heterocycles. The first kappa shape index (κ1) is 29.2. The van der Waals surface area contributed by atoms with E-state index in [0.29, 0.717) is 12.6 Å². The lowest BCUT2D eigenvalue weighted by Gasteiger charge is -2.35. The Labute approximate surface area is 250 Å². The minimum absolute atomic E-state index is 0.262. The molecule has 1 spiro atoms. The van der Waals surface area contributed by atoms with Crippen molar-refractivity contribution < 1.29 is 14.2 Å². The van der Waals surface area contributed by atoms with Crippen molar-refractivity contribution in [2.24, 2.45) is 0 Å². The SMILES string of the molecule is Cc1cc(-c2c(C(C)C)c(-c3ccc(C4CCC5(CC4)OCCO5)cc3)nn2COCC[Si](C)(C)C)cn2ncnc12. The molecule has 9 heteroatoms. The maximum atomic E-state index is 6.26. The number of ether oxygens (including phenoxy) is 3. The van der Waals surface area contributed by atoms with E-state index in [0.717, 1.165) is 85.3 Å². The molecule has 0 N–H and O–H groups in total. The quantitative estimate of drug-likeness (QED) is 0.150. The number of rotatable bonds is 9. The highest BCUT2D eigenvalue weighted by Crippen LogP contribution is 2.43. The van der Waals surface area contributed by atoms with Crippen LogP contribution < -0.4 is 0 Å². The van der Waals surface area contributed by atoms with Crippen LogP contribution in [-0.4, -0.2) is 58.1 Å². The first-order valence-corrected chi connectivity index (χ1v) is 19.2. The Hall–Kier alpha value is -2.85. The number of aryl methyl sites for hydroxylation is 1. The molecule has 1 aliphatic carbocycles. The topological polar surface area (TPSA) is 75.7 Å². The van der Waals surface area contributed by atoms with Crippen LogP contribution in [0.3, 0.4) is 0 Å². The Balaban J connectivity index is 1.33. The summed E-state index contributed by atoms with van der Waals surface area (Å²) in [6.45, 7) is 16.3. The molecule has 6 rings (SSSR count). The summed E-state index contributed by atoms with van der Waals surface area (Å²) in [6, 6.07) is 12.4. The van der Waals surface area contributed by atoms with Gasteiger partial charge < -0.3 is 14.2 Å². The number of fused-ring (bicyclic) bond motifs is 1. The van der Waals surface area contributed by atoms with E-state index in [1.165, 1.54) is 11.1 Å². The highest BCUT2D eigenvalue weighted by atomic mass is 28.3. The summed E-state index contributed by atoms with van der Waals surface area (Å²) in [6.07, 6.45) is 7.80. The molecule has 4 aromatic rings. The first-order chi connectivity index (χ1) is 20.1. The average Bonchev–Trinajstić information content (AvgIpc) is 3.70. The molecular weight excluding hydrogens is 542 g/mol. The predicted molar refractivity (Wildman–Crippen MR) is 168 cm³/mol. The fourth-order valence-corrected chi connectivity index (χ4v) is 7.23. The van der Waals surface area contributed by atoms with Gasteiger partial charge >= 0.3 is 0 Å². The van der Waals surface area contributed by atoms with Crippen LogP contribution in [0.2, 0.25) is 25.7 Å². The molecule has 0 unspecified atom stereocenters. The summed E-state index contributed by atoms with van der Waals surface area (Å²) in [7, 11) is -1.20. The Morgan fingerprint density at radius 2 is 1.76 bits per heavy atom. The maximum Gasteiger partial charge on any atom is 0.168 e. The Bertz CT molecular complexity index is 1520. The molecule has 0 atom stereocenters. The molecule has 8 nitrogen and oxygen atoms in total. The standard InChI is InChI=1S/C33H45N5O3Si/c1-23(2)29-30(27-9-7-25(8-10-27)26-11-13-33(14-12-26)40-15-16-41-33)36-38(22-39-17-18-42(4,5)6)31(29)28-19-24(3)32-34-21-35-37(32)20-28/h7-10,19-21,23,26H,11-18,22H2,1-6H3. The molecule has 4 heterocycles. The number of benzene rings is 1. The largest absolute Gasteiger partial charge is 0.360 e. The molecule has 0 bridgehead atoms. The lowest BCUT2D eigenvalue weighted by molar-refractivity contribution is -0.178. The van der Waals surface area contributed by atoms with E-state index in [9.17, 15) is 0 Å². The van der Waals surface area contributed by atoms with Crippen molar-refractivity contribution in [1.29, 1.82) is 0 Å². The second-order valence-electron chi connectivity index (χ2n) is 13.6. The second-order valence-corrected chi connectivity index (χ2v) is 19.2. The van der Waals surface area contributed by atoms with Crippen molar-refractivity contribution in [3.63, 3.8) is 0 Å². The maximum absolute atomic E-state index is 6.26. The molecule has 224 valence electrons. The van der Waals surface area contributed by atoms with Crippen molar-refractivity contribution in [3.8, 4) is 22.5 Å². The molecule has 0 radical (unpaired) electrons. The van der Waals surface area contributed by atoms with Gasteiger partial charge in [0.2, 0.25) is 0 Å². The van der Waals surface area contributed by atoms with Crippen molar-refractivity contribution in [2.45, 2.75) is 96.5 Å². The van der Waals surface area contributed by atoms with E-state index < -0.39 is 8.07 Å². The van der Waals surface area contributed by atoms with Gasteiger partial charge in [-0.2, -0.15) is 10.2 Å². The lowest BCUT2D eigenvalue weighted by Crippen LogP contribution is -2.34. The summed E-state index contributed by atoms with van der Waals surface area (Å²) in [5.74, 6) is 0.474. The molecular formula is C33H45N5O3Si.